The molecule has 4 nitrogen and oxygen atoms in total. The maximum Gasteiger partial charge on any atom is 0.238 e. The highest BCUT2D eigenvalue weighted by Crippen LogP contribution is 2.20. The highest BCUT2D eigenvalue weighted by molar-refractivity contribution is 6.31. The van der Waals surface area contributed by atoms with Gasteiger partial charge in [-0.3, -0.25) is 9.69 Å². The van der Waals surface area contributed by atoms with Crippen LogP contribution in [-0.2, 0) is 4.79 Å². The van der Waals surface area contributed by atoms with Gasteiger partial charge in [0.15, 0.2) is 0 Å². The van der Waals surface area contributed by atoms with E-state index >= 15 is 0 Å². The minimum Gasteiger partial charge on any atom is -0.392 e. The van der Waals surface area contributed by atoms with Crippen molar-refractivity contribution in [3.63, 3.8) is 0 Å². The molecule has 18 heavy (non-hydrogen) atoms. The molecule has 1 aromatic carbocycles. The second-order valence-corrected chi connectivity index (χ2v) is 5.10. The van der Waals surface area contributed by atoms with Crippen molar-refractivity contribution in [2.45, 2.75) is 19.4 Å². The van der Waals surface area contributed by atoms with E-state index in [1.54, 1.807) is 6.07 Å². The van der Waals surface area contributed by atoms with Crippen LogP contribution in [0.3, 0.4) is 0 Å². The van der Waals surface area contributed by atoms with E-state index in [4.69, 9.17) is 11.6 Å². The molecule has 1 aliphatic heterocycles. The van der Waals surface area contributed by atoms with Crippen LogP contribution >= 0.6 is 11.6 Å². The second-order valence-electron chi connectivity index (χ2n) is 4.69. The summed E-state index contributed by atoms with van der Waals surface area (Å²) in [6, 6.07) is 5.45. The smallest absolute Gasteiger partial charge is 0.238 e. The summed E-state index contributed by atoms with van der Waals surface area (Å²) < 4.78 is 0. The second kappa shape index (κ2) is 5.69. The van der Waals surface area contributed by atoms with Gasteiger partial charge in [-0.25, -0.2) is 0 Å². The van der Waals surface area contributed by atoms with Crippen molar-refractivity contribution in [3.05, 3.63) is 28.8 Å². The van der Waals surface area contributed by atoms with Gasteiger partial charge in [0.2, 0.25) is 5.91 Å². The fourth-order valence-corrected chi connectivity index (χ4v) is 2.21. The zero-order valence-electron chi connectivity index (χ0n) is 10.3. The fraction of sp³-hybridized carbons (Fsp3) is 0.462. The van der Waals surface area contributed by atoms with Crippen LogP contribution < -0.4 is 5.32 Å². The third-order valence-electron chi connectivity index (χ3n) is 3.07. The van der Waals surface area contributed by atoms with E-state index in [2.05, 4.69) is 5.32 Å². The number of anilines is 1. The molecule has 0 spiro atoms. The van der Waals surface area contributed by atoms with Crippen LogP contribution in [0.2, 0.25) is 5.02 Å². The van der Waals surface area contributed by atoms with E-state index < -0.39 is 0 Å². The van der Waals surface area contributed by atoms with Crippen molar-refractivity contribution < 1.29 is 9.90 Å². The lowest BCUT2D eigenvalue weighted by Gasteiger charge is -2.14. The fourth-order valence-electron chi connectivity index (χ4n) is 2.03. The number of rotatable bonds is 3. The number of aliphatic hydroxyl groups excluding tert-OH is 1. The maximum absolute atomic E-state index is 11.8. The summed E-state index contributed by atoms with van der Waals surface area (Å²) in [6.45, 7) is 3.56. The molecule has 1 aliphatic rings. The van der Waals surface area contributed by atoms with Gasteiger partial charge in [0.1, 0.15) is 0 Å². The normalized spacial score (nSPS) is 20.1. The first-order chi connectivity index (χ1) is 8.54. The maximum atomic E-state index is 11.8. The number of benzene rings is 1. The molecule has 2 N–H and O–H groups in total. The van der Waals surface area contributed by atoms with E-state index in [0.717, 1.165) is 18.5 Å². The molecule has 1 atom stereocenters. The number of nitrogens with zero attached hydrogens (tertiary/aromatic N) is 1. The van der Waals surface area contributed by atoms with Gasteiger partial charge in [0.05, 0.1) is 12.6 Å². The average molecular weight is 269 g/mol. The number of β-amino-alcohol motifs (C(OH)–C–C–N with tert-alkyl or cyclic N) is 1. The molecule has 0 saturated carbocycles. The Bertz CT molecular complexity index is 451. The lowest BCUT2D eigenvalue weighted by atomic mass is 10.2. The van der Waals surface area contributed by atoms with E-state index in [9.17, 15) is 9.90 Å². The number of hydrogen-bond donors (Lipinski definition) is 2. The molecule has 0 aliphatic carbocycles. The van der Waals surface area contributed by atoms with Crippen molar-refractivity contribution in [2.24, 2.45) is 0 Å². The van der Waals surface area contributed by atoms with Gasteiger partial charge in [-0.2, -0.15) is 0 Å². The van der Waals surface area contributed by atoms with E-state index in [-0.39, 0.29) is 12.0 Å². The highest BCUT2D eigenvalue weighted by Gasteiger charge is 2.21. The Labute approximate surface area is 112 Å². The van der Waals surface area contributed by atoms with Gasteiger partial charge in [-0.15, -0.1) is 0 Å². The first kappa shape index (κ1) is 13.3. The molecule has 1 saturated heterocycles. The van der Waals surface area contributed by atoms with Crippen LogP contribution in [0.15, 0.2) is 18.2 Å². The van der Waals surface area contributed by atoms with Crippen molar-refractivity contribution >= 4 is 23.2 Å². The molecule has 0 unspecified atom stereocenters. The van der Waals surface area contributed by atoms with Gasteiger partial charge < -0.3 is 10.4 Å². The number of aryl methyl sites for hydroxylation is 1. The predicted molar refractivity (Wildman–Crippen MR) is 71.9 cm³/mol. The van der Waals surface area contributed by atoms with E-state index in [0.29, 0.717) is 23.8 Å². The Morgan fingerprint density at radius 2 is 2.39 bits per heavy atom. The van der Waals surface area contributed by atoms with Crippen molar-refractivity contribution in [2.75, 3.05) is 25.0 Å². The number of hydrogen-bond acceptors (Lipinski definition) is 3. The summed E-state index contributed by atoms with van der Waals surface area (Å²) in [4.78, 5) is 13.7. The molecule has 0 bridgehead atoms. The van der Waals surface area contributed by atoms with Crippen LogP contribution in [-0.4, -0.2) is 41.7 Å². The molecular formula is C13H17ClN2O2. The lowest BCUT2D eigenvalue weighted by molar-refractivity contribution is -0.117. The molecule has 1 fully saturated rings. The molecule has 2 rings (SSSR count). The van der Waals surface area contributed by atoms with Gasteiger partial charge in [0.25, 0.3) is 0 Å². The highest BCUT2D eigenvalue weighted by atomic mass is 35.5. The van der Waals surface area contributed by atoms with Crippen molar-refractivity contribution in [3.8, 4) is 0 Å². The largest absolute Gasteiger partial charge is 0.392 e. The summed E-state index contributed by atoms with van der Waals surface area (Å²) >= 11 is 5.99. The van der Waals surface area contributed by atoms with Gasteiger partial charge in [-0.1, -0.05) is 17.7 Å². The summed E-state index contributed by atoms with van der Waals surface area (Å²) in [6.07, 6.45) is 0.440. The summed E-state index contributed by atoms with van der Waals surface area (Å²) in [5, 5.41) is 12.8. The molecule has 5 heteroatoms. The Morgan fingerprint density at radius 1 is 1.61 bits per heavy atom. The Morgan fingerprint density at radius 3 is 3.00 bits per heavy atom. The monoisotopic (exact) mass is 268 g/mol. The number of carbonyl (C=O) groups is 1. The van der Waals surface area contributed by atoms with Gasteiger partial charge in [0, 0.05) is 23.8 Å². The topological polar surface area (TPSA) is 52.6 Å². The third-order valence-corrected chi connectivity index (χ3v) is 3.48. The quantitative estimate of drug-likeness (QED) is 0.877. The first-order valence-electron chi connectivity index (χ1n) is 6.01. The van der Waals surface area contributed by atoms with Crippen LogP contribution in [0.25, 0.3) is 0 Å². The molecule has 1 aromatic rings. The SMILES string of the molecule is Cc1ccc(NC(=O)CN2CC[C@@H](O)C2)cc1Cl. The number of aliphatic hydroxyl groups is 1. The average Bonchev–Trinajstić information content (AvgIpc) is 2.69. The van der Waals surface area contributed by atoms with Gasteiger partial charge in [-0.05, 0) is 31.0 Å². The molecule has 1 amide bonds. The Hall–Kier alpha value is -1.10. The van der Waals surface area contributed by atoms with Crippen molar-refractivity contribution in [1.29, 1.82) is 0 Å². The van der Waals surface area contributed by atoms with Crippen LogP contribution in [0, 0.1) is 6.92 Å². The van der Waals surface area contributed by atoms with Crippen molar-refractivity contribution in [1.82, 2.24) is 4.90 Å². The molecule has 1 heterocycles. The minimum absolute atomic E-state index is 0.0796. The van der Waals surface area contributed by atoms with Gasteiger partial charge >= 0.3 is 0 Å². The standard InChI is InChI=1S/C13H17ClN2O2/c1-9-2-3-10(6-12(9)14)15-13(18)8-16-5-4-11(17)7-16/h2-3,6,11,17H,4-5,7-8H2,1H3,(H,15,18)/t11-/m1/s1. The number of amides is 1. The summed E-state index contributed by atoms with van der Waals surface area (Å²) in [7, 11) is 0. The Kier molecular flexibility index (Phi) is 4.22. The first-order valence-corrected chi connectivity index (χ1v) is 6.39. The number of carbonyl (C=O) groups excluding carboxylic acids is 1. The van der Waals surface area contributed by atoms with Crippen LogP contribution in [0.4, 0.5) is 5.69 Å². The summed E-state index contributed by atoms with van der Waals surface area (Å²) in [5.74, 6) is -0.0796. The van der Waals surface area contributed by atoms with E-state index in [1.807, 2.05) is 24.0 Å². The molecule has 0 radical (unpaired) electrons. The third kappa shape index (κ3) is 3.45. The van der Waals surface area contributed by atoms with Crippen LogP contribution in [0.1, 0.15) is 12.0 Å². The zero-order chi connectivity index (χ0) is 13.1. The number of halogens is 1. The molecular weight excluding hydrogens is 252 g/mol. The molecule has 98 valence electrons. The predicted octanol–water partition coefficient (Wildman–Crippen LogP) is 1.65. The van der Waals surface area contributed by atoms with Crippen LogP contribution in [0.5, 0.6) is 0 Å². The molecule has 0 aromatic heterocycles. The number of nitrogens with one attached hydrogen (secondary N) is 1. The van der Waals surface area contributed by atoms with E-state index in [1.165, 1.54) is 0 Å². The Balaban J connectivity index is 1.89. The summed E-state index contributed by atoms with van der Waals surface area (Å²) in [5.41, 5.74) is 1.69. The number of likely N-dealkylation sites (tertiary alicyclic amines) is 1. The minimum atomic E-state index is -0.299. The zero-order valence-corrected chi connectivity index (χ0v) is 11.1. The lowest BCUT2D eigenvalue weighted by Crippen LogP contribution is -2.32.